The molecule has 1 aromatic carbocycles. The number of para-hydroxylation sites is 1. The number of hydroxylamine groups is 2. The van der Waals surface area contributed by atoms with Crippen LogP contribution in [-0.2, 0) is 5.54 Å². The predicted octanol–water partition coefficient (Wildman–Crippen LogP) is 2.45. The number of aromatic nitrogens is 4. The molecule has 0 bridgehead atoms. The molecular weight excluding hydrogens is 266 g/mol. The highest BCUT2D eigenvalue weighted by molar-refractivity contribution is 5.40. The lowest BCUT2D eigenvalue weighted by atomic mass is 9.80. The molecule has 0 radical (unpaired) electrons. The van der Waals surface area contributed by atoms with Gasteiger partial charge in [0.15, 0.2) is 5.82 Å². The summed E-state index contributed by atoms with van der Waals surface area (Å²) in [5.74, 6) is 0.724. The van der Waals surface area contributed by atoms with E-state index in [0.717, 1.165) is 42.8 Å². The fourth-order valence-electron chi connectivity index (χ4n) is 3.27. The maximum absolute atomic E-state index is 10.3. The van der Waals surface area contributed by atoms with Crippen molar-refractivity contribution in [3.05, 3.63) is 35.7 Å². The van der Waals surface area contributed by atoms with Crippen LogP contribution in [0.2, 0.25) is 0 Å². The van der Waals surface area contributed by atoms with E-state index in [1.54, 1.807) is 11.7 Å². The molecule has 3 rings (SSSR count). The average molecular weight is 287 g/mol. The Morgan fingerprint density at radius 1 is 1.19 bits per heavy atom. The summed E-state index contributed by atoms with van der Waals surface area (Å²) < 4.78 is 1.77. The van der Waals surface area contributed by atoms with E-state index in [9.17, 15) is 5.21 Å². The van der Waals surface area contributed by atoms with Gasteiger partial charge in [0.1, 0.15) is 5.54 Å². The first kappa shape index (κ1) is 14.2. The van der Waals surface area contributed by atoms with Gasteiger partial charge in [0.25, 0.3) is 0 Å². The molecule has 1 aromatic heterocycles. The van der Waals surface area contributed by atoms with Gasteiger partial charge in [-0.25, -0.2) is 0 Å². The highest BCUT2D eigenvalue weighted by Crippen LogP contribution is 2.40. The molecule has 0 atom stereocenters. The van der Waals surface area contributed by atoms with E-state index in [1.807, 2.05) is 31.2 Å². The molecule has 21 heavy (non-hydrogen) atoms. The second kappa shape index (κ2) is 5.54. The Labute approximate surface area is 124 Å². The van der Waals surface area contributed by atoms with Crippen molar-refractivity contribution in [2.24, 2.45) is 0 Å². The molecule has 112 valence electrons. The van der Waals surface area contributed by atoms with E-state index >= 15 is 0 Å². The third-order valence-corrected chi connectivity index (χ3v) is 4.53. The minimum Gasteiger partial charge on any atom is -0.313 e. The van der Waals surface area contributed by atoms with Crippen LogP contribution in [0.25, 0.3) is 5.69 Å². The van der Waals surface area contributed by atoms with Crippen LogP contribution < -0.4 is 0 Å². The smallest absolute Gasteiger partial charge is 0.179 e. The monoisotopic (exact) mass is 287 g/mol. The summed E-state index contributed by atoms with van der Waals surface area (Å²) >= 11 is 0. The zero-order valence-electron chi connectivity index (χ0n) is 12.5. The fourth-order valence-corrected chi connectivity index (χ4v) is 3.27. The summed E-state index contributed by atoms with van der Waals surface area (Å²) in [6.45, 7) is 2.04. The van der Waals surface area contributed by atoms with Gasteiger partial charge in [-0.05, 0) is 41.8 Å². The van der Waals surface area contributed by atoms with Gasteiger partial charge in [-0.2, -0.15) is 9.75 Å². The van der Waals surface area contributed by atoms with Crippen molar-refractivity contribution in [2.45, 2.75) is 44.6 Å². The molecule has 1 saturated carbocycles. The van der Waals surface area contributed by atoms with Crippen LogP contribution in [0.1, 0.15) is 43.5 Å². The zero-order valence-corrected chi connectivity index (χ0v) is 12.5. The van der Waals surface area contributed by atoms with Gasteiger partial charge < -0.3 is 5.21 Å². The van der Waals surface area contributed by atoms with Gasteiger partial charge in [0.2, 0.25) is 0 Å². The highest BCUT2D eigenvalue weighted by atomic mass is 16.5. The third kappa shape index (κ3) is 2.34. The molecule has 0 unspecified atom stereocenters. The number of nitrogens with zero attached hydrogens (tertiary/aromatic N) is 5. The predicted molar refractivity (Wildman–Crippen MR) is 78.2 cm³/mol. The maximum atomic E-state index is 10.3. The van der Waals surface area contributed by atoms with Crippen LogP contribution >= 0.6 is 0 Å². The Morgan fingerprint density at radius 3 is 2.57 bits per heavy atom. The number of hydrogen-bond donors (Lipinski definition) is 1. The molecule has 1 N–H and O–H groups in total. The standard InChI is InChI=1S/C15H21N5O/c1-12-8-4-5-9-13(12)20-14(16-17-18-20)15(19(2)21)10-6-3-7-11-15/h4-5,8-9,21H,3,6-7,10-11H2,1-2H3. The molecule has 6 nitrogen and oxygen atoms in total. The Balaban J connectivity index is 2.11. The number of benzene rings is 1. The van der Waals surface area contributed by atoms with Crippen LogP contribution in [0.5, 0.6) is 0 Å². The van der Waals surface area contributed by atoms with E-state index in [1.165, 1.54) is 11.5 Å². The summed E-state index contributed by atoms with van der Waals surface area (Å²) in [6.07, 6.45) is 5.08. The van der Waals surface area contributed by atoms with Crippen molar-refractivity contribution >= 4 is 0 Å². The molecule has 0 amide bonds. The topological polar surface area (TPSA) is 67.1 Å². The van der Waals surface area contributed by atoms with Crippen LogP contribution in [0.15, 0.2) is 24.3 Å². The first-order valence-electron chi connectivity index (χ1n) is 7.43. The number of tetrazole rings is 1. The minimum atomic E-state index is -0.496. The van der Waals surface area contributed by atoms with Gasteiger partial charge in [-0.3, -0.25) is 0 Å². The minimum absolute atomic E-state index is 0.496. The largest absolute Gasteiger partial charge is 0.313 e. The summed E-state index contributed by atoms with van der Waals surface area (Å²) in [4.78, 5) is 0. The molecule has 0 spiro atoms. The van der Waals surface area contributed by atoms with Crippen LogP contribution in [0.4, 0.5) is 0 Å². The van der Waals surface area contributed by atoms with Crippen molar-refractivity contribution in [3.63, 3.8) is 0 Å². The number of aryl methyl sites for hydroxylation is 1. The van der Waals surface area contributed by atoms with E-state index in [-0.39, 0.29) is 0 Å². The molecule has 2 aromatic rings. The van der Waals surface area contributed by atoms with Crippen LogP contribution in [0.3, 0.4) is 0 Å². The van der Waals surface area contributed by atoms with Crippen molar-refractivity contribution in [1.82, 2.24) is 25.3 Å². The van der Waals surface area contributed by atoms with Gasteiger partial charge in [0, 0.05) is 7.05 Å². The van der Waals surface area contributed by atoms with Crippen molar-refractivity contribution in [3.8, 4) is 5.69 Å². The highest BCUT2D eigenvalue weighted by Gasteiger charge is 2.42. The molecule has 0 saturated heterocycles. The molecule has 1 fully saturated rings. The SMILES string of the molecule is Cc1ccccc1-n1nnnc1C1(N(C)O)CCCCC1. The van der Waals surface area contributed by atoms with Crippen molar-refractivity contribution < 1.29 is 5.21 Å². The summed E-state index contributed by atoms with van der Waals surface area (Å²) in [6, 6.07) is 8.02. The number of hydrogen-bond acceptors (Lipinski definition) is 5. The number of rotatable bonds is 3. The first-order valence-corrected chi connectivity index (χ1v) is 7.43. The lowest BCUT2D eigenvalue weighted by molar-refractivity contribution is -0.173. The van der Waals surface area contributed by atoms with Gasteiger partial charge in [0.05, 0.1) is 5.69 Å². The molecular formula is C15H21N5O. The van der Waals surface area contributed by atoms with Crippen LogP contribution in [-0.4, -0.2) is 37.5 Å². The fraction of sp³-hybridized carbons (Fsp3) is 0.533. The Kier molecular flexibility index (Phi) is 3.73. The van der Waals surface area contributed by atoms with Gasteiger partial charge >= 0.3 is 0 Å². The lowest BCUT2D eigenvalue weighted by Gasteiger charge is -2.39. The molecule has 6 heteroatoms. The summed E-state index contributed by atoms with van der Waals surface area (Å²) in [7, 11) is 1.70. The van der Waals surface area contributed by atoms with E-state index in [2.05, 4.69) is 15.5 Å². The third-order valence-electron chi connectivity index (χ3n) is 4.53. The quantitative estimate of drug-likeness (QED) is 0.878. The second-order valence-corrected chi connectivity index (χ2v) is 5.82. The van der Waals surface area contributed by atoms with Crippen molar-refractivity contribution in [2.75, 3.05) is 7.05 Å². The van der Waals surface area contributed by atoms with Gasteiger partial charge in [-0.1, -0.05) is 37.5 Å². The van der Waals surface area contributed by atoms with Gasteiger partial charge in [-0.15, -0.1) is 5.10 Å². The second-order valence-electron chi connectivity index (χ2n) is 5.82. The maximum Gasteiger partial charge on any atom is 0.179 e. The molecule has 1 aliphatic rings. The lowest BCUT2D eigenvalue weighted by Crippen LogP contribution is -2.45. The first-order chi connectivity index (χ1) is 10.1. The van der Waals surface area contributed by atoms with E-state index in [0.29, 0.717) is 0 Å². The summed E-state index contributed by atoms with van der Waals surface area (Å²) in [5, 5.41) is 23.8. The molecule has 1 aliphatic carbocycles. The normalized spacial score (nSPS) is 18.1. The van der Waals surface area contributed by atoms with Crippen LogP contribution in [0, 0.1) is 6.92 Å². The molecule has 1 heterocycles. The zero-order chi connectivity index (χ0) is 14.9. The van der Waals surface area contributed by atoms with E-state index in [4.69, 9.17) is 0 Å². The van der Waals surface area contributed by atoms with Crippen molar-refractivity contribution in [1.29, 1.82) is 0 Å². The van der Waals surface area contributed by atoms with E-state index < -0.39 is 5.54 Å². The Bertz CT molecular complexity index is 616. The molecule has 0 aliphatic heterocycles. The summed E-state index contributed by atoms with van der Waals surface area (Å²) in [5.41, 5.74) is 1.58. The average Bonchev–Trinajstić information content (AvgIpc) is 2.98. The Morgan fingerprint density at radius 2 is 1.90 bits per heavy atom. The Hall–Kier alpha value is -1.79.